The molecule has 3 atom stereocenters. The summed E-state index contributed by atoms with van der Waals surface area (Å²) in [5, 5.41) is 5.72. The summed E-state index contributed by atoms with van der Waals surface area (Å²) in [6.45, 7) is 13.5. The molecule has 7 nitrogen and oxygen atoms in total. The zero-order valence-corrected chi connectivity index (χ0v) is 30.3. The molecule has 45 heavy (non-hydrogen) atoms. The van der Waals surface area contributed by atoms with Crippen molar-refractivity contribution in [2.45, 2.75) is 181 Å². The van der Waals surface area contributed by atoms with E-state index in [9.17, 15) is 9.59 Å². The number of halogens is 1. The molecule has 2 amide bonds. The molecule has 2 N–H and O–H groups in total. The van der Waals surface area contributed by atoms with Gasteiger partial charge in [-0.15, -0.1) is 0 Å². The van der Waals surface area contributed by atoms with E-state index in [1.165, 1.54) is 51.4 Å². The number of hydrogen-bond donors (Lipinski definition) is 2. The number of rotatable bonds is 33. The maximum atomic E-state index is 15.1. The molecule has 8 heteroatoms. The van der Waals surface area contributed by atoms with Crippen LogP contribution in [-0.2, 0) is 23.8 Å². The molecule has 0 bridgehead atoms. The molecule has 268 valence electrons. The first-order chi connectivity index (χ1) is 21.7. The summed E-state index contributed by atoms with van der Waals surface area (Å²) in [6.07, 6.45) is 20.1. The van der Waals surface area contributed by atoms with Crippen molar-refractivity contribution in [3.8, 4) is 0 Å². The second kappa shape index (κ2) is 30.1. The van der Waals surface area contributed by atoms with E-state index in [4.69, 9.17) is 14.2 Å². The van der Waals surface area contributed by atoms with E-state index < -0.39 is 11.8 Å². The van der Waals surface area contributed by atoms with Crippen LogP contribution in [0.15, 0.2) is 0 Å². The van der Waals surface area contributed by atoms with Crippen LogP contribution in [0.5, 0.6) is 0 Å². The van der Waals surface area contributed by atoms with E-state index in [0.717, 1.165) is 70.6 Å². The quantitative estimate of drug-likeness (QED) is 0.0697. The first-order valence-corrected chi connectivity index (χ1v) is 18.7. The number of unbranched alkanes of at least 4 members (excludes halogenated alkanes) is 11. The summed E-state index contributed by atoms with van der Waals surface area (Å²) < 4.78 is 32.4. The van der Waals surface area contributed by atoms with E-state index in [0.29, 0.717) is 19.8 Å². The van der Waals surface area contributed by atoms with Gasteiger partial charge in [0.1, 0.15) is 12.8 Å². The Bertz CT molecular complexity index is 694. The van der Waals surface area contributed by atoms with Crippen LogP contribution in [0.4, 0.5) is 4.39 Å². The lowest BCUT2D eigenvalue weighted by molar-refractivity contribution is -0.128. The van der Waals surface area contributed by atoms with Crippen molar-refractivity contribution < 1.29 is 28.2 Å². The SMILES string of the molecule is CCCCCCCC(CCCCC)C(=O)NCC(F)C(C)(C)OCCOCCNC(=O)COC(CCCCC)CCCCCC. The molecule has 0 saturated carbocycles. The zero-order valence-electron chi connectivity index (χ0n) is 30.3. The van der Waals surface area contributed by atoms with Crippen molar-refractivity contribution in [1.29, 1.82) is 0 Å². The normalized spacial score (nSPS) is 13.8. The maximum absolute atomic E-state index is 15.1. The molecule has 0 saturated heterocycles. The number of carbonyl (C=O) groups is 2. The lowest BCUT2D eigenvalue weighted by Crippen LogP contribution is -2.45. The summed E-state index contributed by atoms with van der Waals surface area (Å²) in [4.78, 5) is 25.2. The fourth-order valence-corrected chi connectivity index (χ4v) is 5.42. The van der Waals surface area contributed by atoms with Crippen molar-refractivity contribution in [3.05, 3.63) is 0 Å². The number of ether oxygens (including phenoxy) is 3. The number of amides is 2. The zero-order chi connectivity index (χ0) is 33.6. The summed E-state index contributed by atoms with van der Waals surface area (Å²) >= 11 is 0. The van der Waals surface area contributed by atoms with Gasteiger partial charge in [-0.05, 0) is 39.5 Å². The van der Waals surface area contributed by atoms with Gasteiger partial charge in [-0.25, -0.2) is 4.39 Å². The molecular weight excluding hydrogens is 571 g/mol. The molecule has 0 fully saturated rings. The predicted octanol–water partition coefficient (Wildman–Crippen LogP) is 8.86. The molecule has 0 aliphatic carbocycles. The van der Waals surface area contributed by atoms with E-state index in [1.807, 2.05) is 0 Å². The molecule has 0 aromatic carbocycles. The summed E-state index contributed by atoms with van der Waals surface area (Å²) in [5.74, 6) is -0.205. The smallest absolute Gasteiger partial charge is 0.246 e. The van der Waals surface area contributed by atoms with Gasteiger partial charge in [0.2, 0.25) is 11.8 Å². The highest BCUT2D eigenvalue weighted by Crippen LogP contribution is 2.21. The molecule has 0 aliphatic rings. The first-order valence-electron chi connectivity index (χ1n) is 18.7. The monoisotopic (exact) mass is 645 g/mol. The van der Waals surface area contributed by atoms with Gasteiger partial charge in [0.25, 0.3) is 0 Å². The molecule has 0 radical (unpaired) electrons. The summed E-state index contributed by atoms with van der Waals surface area (Å²) in [7, 11) is 0. The van der Waals surface area contributed by atoms with Gasteiger partial charge in [0.15, 0.2) is 0 Å². The molecule has 3 unspecified atom stereocenters. The van der Waals surface area contributed by atoms with Gasteiger partial charge in [0.05, 0.1) is 38.1 Å². The van der Waals surface area contributed by atoms with Crippen LogP contribution in [-0.4, -0.2) is 69.2 Å². The standard InChI is InChI=1S/C37H73FN2O5/c1-7-11-15-17-20-23-32(22-18-13-9-3)36(42)40-30-34(38)37(5,6)45-29-28-43-27-26-39-35(41)31-44-33(24-19-14-10-4)25-21-16-12-8-2/h32-34H,7-31H2,1-6H3,(H,39,41)(H,40,42). The van der Waals surface area contributed by atoms with Crippen molar-refractivity contribution >= 4 is 11.8 Å². The number of nitrogens with one attached hydrogen (secondary N) is 2. The van der Waals surface area contributed by atoms with E-state index in [2.05, 4.69) is 38.3 Å². The van der Waals surface area contributed by atoms with E-state index in [1.54, 1.807) is 13.8 Å². The fourth-order valence-electron chi connectivity index (χ4n) is 5.42. The molecule has 0 aliphatic heterocycles. The average Bonchev–Trinajstić information content (AvgIpc) is 3.02. The molecule has 0 spiro atoms. The highest BCUT2D eigenvalue weighted by Gasteiger charge is 2.31. The Hall–Kier alpha value is -1.25. The number of hydrogen-bond acceptors (Lipinski definition) is 5. The van der Waals surface area contributed by atoms with Crippen LogP contribution in [0.25, 0.3) is 0 Å². The minimum absolute atomic E-state index is 0.0326. The Balaban J connectivity index is 4.26. The van der Waals surface area contributed by atoms with Gasteiger partial charge >= 0.3 is 0 Å². The fraction of sp³-hybridized carbons (Fsp3) is 0.946. The van der Waals surface area contributed by atoms with Crippen molar-refractivity contribution in [3.63, 3.8) is 0 Å². The van der Waals surface area contributed by atoms with E-state index >= 15 is 4.39 Å². The highest BCUT2D eigenvalue weighted by molar-refractivity contribution is 5.78. The second-order valence-electron chi connectivity index (χ2n) is 13.3. The molecule has 0 aromatic rings. The summed E-state index contributed by atoms with van der Waals surface area (Å²) in [6, 6.07) is 0. The Morgan fingerprint density at radius 3 is 1.80 bits per heavy atom. The predicted molar refractivity (Wildman–Crippen MR) is 185 cm³/mol. The van der Waals surface area contributed by atoms with Crippen molar-refractivity contribution in [1.82, 2.24) is 10.6 Å². The molecule has 0 aromatic heterocycles. The lowest BCUT2D eigenvalue weighted by Gasteiger charge is -2.29. The maximum Gasteiger partial charge on any atom is 0.246 e. The Morgan fingerprint density at radius 2 is 1.18 bits per heavy atom. The van der Waals surface area contributed by atoms with Crippen LogP contribution in [0.3, 0.4) is 0 Å². The Labute approximate surface area is 277 Å². The third-order valence-electron chi connectivity index (χ3n) is 8.62. The topological polar surface area (TPSA) is 85.9 Å². The molecular formula is C37H73FN2O5. The minimum Gasteiger partial charge on any atom is -0.377 e. The third-order valence-corrected chi connectivity index (χ3v) is 8.62. The van der Waals surface area contributed by atoms with Crippen LogP contribution < -0.4 is 10.6 Å². The third kappa shape index (κ3) is 25.5. The van der Waals surface area contributed by atoms with Gasteiger partial charge in [-0.2, -0.15) is 0 Å². The molecule has 0 heterocycles. The van der Waals surface area contributed by atoms with E-state index in [-0.39, 0.29) is 43.6 Å². The van der Waals surface area contributed by atoms with Crippen LogP contribution in [0.1, 0.15) is 164 Å². The molecule has 0 rings (SSSR count). The van der Waals surface area contributed by atoms with Crippen molar-refractivity contribution in [2.24, 2.45) is 5.92 Å². The lowest BCUT2D eigenvalue weighted by atomic mass is 9.93. The number of carbonyl (C=O) groups excluding carboxylic acids is 2. The largest absolute Gasteiger partial charge is 0.377 e. The summed E-state index contributed by atoms with van der Waals surface area (Å²) in [5.41, 5.74) is -1.05. The first kappa shape index (κ1) is 43.8. The minimum atomic E-state index is -1.33. The van der Waals surface area contributed by atoms with Crippen LogP contribution in [0, 0.1) is 5.92 Å². The average molecular weight is 645 g/mol. The van der Waals surface area contributed by atoms with Gasteiger partial charge in [-0.1, -0.05) is 124 Å². The van der Waals surface area contributed by atoms with Crippen molar-refractivity contribution in [2.75, 3.05) is 39.5 Å². The van der Waals surface area contributed by atoms with Gasteiger partial charge in [-0.3, -0.25) is 9.59 Å². The second-order valence-corrected chi connectivity index (χ2v) is 13.3. The van der Waals surface area contributed by atoms with Gasteiger partial charge in [0, 0.05) is 12.5 Å². The van der Waals surface area contributed by atoms with Gasteiger partial charge < -0.3 is 24.8 Å². The Morgan fingerprint density at radius 1 is 0.667 bits per heavy atom. The van der Waals surface area contributed by atoms with Crippen LogP contribution >= 0.6 is 0 Å². The highest BCUT2D eigenvalue weighted by atomic mass is 19.1. The van der Waals surface area contributed by atoms with Crippen LogP contribution in [0.2, 0.25) is 0 Å². The number of alkyl halides is 1. The Kier molecular flexibility index (Phi) is 29.3.